The number of sulfonamides is 1. The lowest BCUT2D eigenvalue weighted by Gasteiger charge is -2.25. The molecule has 0 unspecified atom stereocenters. The molecule has 0 saturated carbocycles. The first-order valence-electron chi connectivity index (χ1n) is 9.57. The van der Waals surface area contributed by atoms with Crippen molar-refractivity contribution >= 4 is 21.6 Å². The van der Waals surface area contributed by atoms with E-state index in [0.717, 1.165) is 24.8 Å². The number of nitrogens with zero attached hydrogens (tertiary/aromatic N) is 1. The van der Waals surface area contributed by atoms with Crippen LogP contribution in [0.25, 0.3) is 0 Å². The Balaban J connectivity index is 1.59. The Kier molecular flexibility index (Phi) is 6.76. The highest BCUT2D eigenvalue weighted by molar-refractivity contribution is 7.89. The molecular weight excluding hydrogens is 392 g/mol. The zero-order valence-electron chi connectivity index (χ0n) is 16.7. The molecule has 0 spiro atoms. The maximum atomic E-state index is 12.7. The van der Waals surface area contributed by atoms with Crippen LogP contribution in [0.1, 0.15) is 24.8 Å². The van der Waals surface area contributed by atoms with Crippen LogP contribution >= 0.6 is 0 Å². The van der Waals surface area contributed by atoms with Crippen molar-refractivity contribution in [3.63, 3.8) is 0 Å². The number of hydrogen-bond donors (Lipinski definition) is 1. The van der Waals surface area contributed by atoms with Gasteiger partial charge in [0.25, 0.3) is 5.91 Å². The Morgan fingerprint density at radius 3 is 2.41 bits per heavy atom. The molecule has 0 aromatic heterocycles. The van der Waals surface area contributed by atoms with E-state index in [2.05, 4.69) is 5.32 Å². The molecule has 7 nitrogen and oxygen atoms in total. The second-order valence-electron chi connectivity index (χ2n) is 6.98. The molecule has 0 bridgehead atoms. The third kappa shape index (κ3) is 5.27. The highest BCUT2D eigenvalue weighted by Crippen LogP contribution is 2.25. The van der Waals surface area contributed by atoms with Gasteiger partial charge in [-0.25, -0.2) is 8.42 Å². The average molecular weight is 419 g/mol. The molecule has 1 N–H and O–H groups in total. The van der Waals surface area contributed by atoms with Gasteiger partial charge in [-0.15, -0.1) is 0 Å². The van der Waals surface area contributed by atoms with Gasteiger partial charge in [0.15, 0.2) is 6.61 Å². The van der Waals surface area contributed by atoms with Gasteiger partial charge in [0.1, 0.15) is 11.5 Å². The molecule has 2 aromatic carbocycles. The standard InChI is InChI=1S/C21H26N2O5S/c1-16-6-11-20(27-2)19(14-16)22-21(24)15-28-17-7-9-18(10-8-17)29(25,26)23-12-4-3-5-13-23/h6-11,14H,3-5,12-13,15H2,1-2H3,(H,22,24). The first kappa shape index (κ1) is 21.1. The predicted molar refractivity (Wildman–Crippen MR) is 111 cm³/mol. The molecule has 1 saturated heterocycles. The van der Waals surface area contributed by atoms with Crippen LogP contribution in [0.3, 0.4) is 0 Å². The summed E-state index contributed by atoms with van der Waals surface area (Å²) >= 11 is 0. The van der Waals surface area contributed by atoms with E-state index in [9.17, 15) is 13.2 Å². The number of piperidine rings is 1. The second kappa shape index (κ2) is 9.28. The molecule has 29 heavy (non-hydrogen) atoms. The third-order valence-corrected chi connectivity index (χ3v) is 6.69. The van der Waals surface area contributed by atoms with Gasteiger partial charge in [-0.1, -0.05) is 12.5 Å². The van der Waals surface area contributed by atoms with E-state index in [4.69, 9.17) is 9.47 Å². The van der Waals surface area contributed by atoms with E-state index in [-0.39, 0.29) is 17.4 Å². The molecule has 156 valence electrons. The molecule has 0 atom stereocenters. The van der Waals surface area contributed by atoms with E-state index in [0.29, 0.717) is 30.3 Å². The number of benzene rings is 2. The smallest absolute Gasteiger partial charge is 0.262 e. The van der Waals surface area contributed by atoms with Crippen molar-refractivity contribution in [1.82, 2.24) is 4.31 Å². The van der Waals surface area contributed by atoms with Crippen molar-refractivity contribution < 1.29 is 22.7 Å². The number of amides is 1. The predicted octanol–water partition coefficient (Wildman–Crippen LogP) is 3.20. The van der Waals surface area contributed by atoms with Crippen molar-refractivity contribution in [2.24, 2.45) is 0 Å². The number of rotatable bonds is 7. The number of anilines is 1. The van der Waals surface area contributed by atoms with Crippen LogP contribution in [0.15, 0.2) is 47.4 Å². The third-order valence-electron chi connectivity index (χ3n) is 4.78. The maximum absolute atomic E-state index is 12.7. The SMILES string of the molecule is COc1ccc(C)cc1NC(=O)COc1ccc(S(=O)(=O)N2CCCCC2)cc1. The molecule has 0 aliphatic carbocycles. The maximum Gasteiger partial charge on any atom is 0.262 e. The minimum absolute atomic E-state index is 0.199. The summed E-state index contributed by atoms with van der Waals surface area (Å²) in [7, 11) is -1.94. The minimum Gasteiger partial charge on any atom is -0.495 e. The van der Waals surface area contributed by atoms with Crippen LogP contribution in [-0.4, -0.2) is 45.4 Å². The van der Waals surface area contributed by atoms with Crippen molar-refractivity contribution in [2.45, 2.75) is 31.1 Å². The van der Waals surface area contributed by atoms with E-state index in [1.807, 2.05) is 19.1 Å². The fraction of sp³-hybridized carbons (Fsp3) is 0.381. The fourth-order valence-corrected chi connectivity index (χ4v) is 4.73. The molecular formula is C21H26N2O5S. The van der Waals surface area contributed by atoms with Gasteiger partial charge in [0.05, 0.1) is 17.7 Å². The van der Waals surface area contributed by atoms with Crippen LogP contribution in [0.2, 0.25) is 0 Å². The monoisotopic (exact) mass is 418 g/mol. The summed E-state index contributed by atoms with van der Waals surface area (Å²) < 4.78 is 37.6. The molecule has 3 rings (SSSR count). The van der Waals surface area contributed by atoms with Crippen LogP contribution in [0.4, 0.5) is 5.69 Å². The van der Waals surface area contributed by atoms with Crippen LogP contribution < -0.4 is 14.8 Å². The van der Waals surface area contributed by atoms with Gasteiger partial charge >= 0.3 is 0 Å². The van der Waals surface area contributed by atoms with Crippen LogP contribution in [0.5, 0.6) is 11.5 Å². The summed E-state index contributed by atoms with van der Waals surface area (Å²) in [6.07, 6.45) is 2.85. The van der Waals surface area contributed by atoms with Gasteiger partial charge in [0, 0.05) is 13.1 Å². The molecule has 1 aliphatic heterocycles. The molecule has 2 aromatic rings. The largest absolute Gasteiger partial charge is 0.495 e. The normalized spacial score (nSPS) is 15.0. The molecule has 1 aliphatic rings. The number of carbonyl (C=O) groups is 1. The van der Waals surface area contributed by atoms with Gasteiger partial charge in [-0.3, -0.25) is 4.79 Å². The summed E-state index contributed by atoms with van der Waals surface area (Å²) in [5, 5.41) is 2.76. The van der Waals surface area contributed by atoms with Crippen molar-refractivity contribution in [2.75, 3.05) is 32.1 Å². The highest BCUT2D eigenvalue weighted by Gasteiger charge is 2.25. The van der Waals surface area contributed by atoms with Crippen molar-refractivity contribution in [3.05, 3.63) is 48.0 Å². The Labute approximate surface area is 171 Å². The van der Waals surface area contributed by atoms with E-state index < -0.39 is 10.0 Å². The van der Waals surface area contributed by atoms with Crippen LogP contribution in [-0.2, 0) is 14.8 Å². The fourth-order valence-electron chi connectivity index (χ4n) is 3.22. The van der Waals surface area contributed by atoms with Gasteiger partial charge in [-0.05, 0) is 61.7 Å². The lowest BCUT2D eigenvalue weighted by Crippen LogP contribution is -2.35. The molecule has 8 heteroatoms. The molecule has 1 amide bonds. The topological polar surface area (TPSA) is 84.9 Å². The average Bonchev–Trinajstić information content (AvgIpc) is 2.73. The Bertz CT molecular complexity index is 952. The summed E-state index contributed by atoms with van der Waals surface area (Å²) in [6, 6.07) is 11.7. The Hall–Kier alpha value is -2.58. The van der Waals surface area contributed by atoms with E-state index >= 15 is 0 Å². The summed E-state index contributed by atoms with van der Waals surface area (Å²) in [5.74, 6) is 0.657. The van der Waals surface area contributed by atoms with Gasteiger partial charge < -0.3 is 14.8 Å². The number of aryl methyl sites for hydroxylation is 1. The first-order valence-corrected chi connectivity index (χ1v) is 11.0. The number of carbonyl (C=O) groups excluding carboxylic acids is 1. The lowest BCUT2D eigenvalue weighted by atomic mass is 10.2. The number of nitrogens with one attached hydrogen (secondary N) is 1. The summed E-state index contributed by atoms with van der Waals surface area (Å²) in [6.45, 7) is 2.84. The zero-order chi connectivity index (χ0) is 20.9. The van der Waals surface area contributed by atoms with Crippen molar-refractivity contribution in [1.29, 1.82) is 0 Å². The molecule has 1 fully saturated rings. The molecule has 0 radical (unpaired) electrons. The quantitative estimate of drug-likeness (QED) is 0.746. The van der Waals surface area contributed by atoms with E-state index in [1.165, 1.54) is 23.5 Å². The summed E-state index contributed by atoms with van der Waals surface area (Å²) in [4.78, 5) is 12.4. The second-order valence-corrected chi connectivity index (χ2v) is 8.91. The van der Waals surface area contributed by atoms with E-state index in [1.54, 1.807) is 18.2 Å². The first-order chi connectivity index (χ1) is 13.9. The highest BCUT2D eigenvalue weighted by atomic mass is 32.2. The zero-order valence-corrected chi connectivity index (χ0v) is 17.5. The Morgan fingerprint density at radius 1 is 1.07 bits per heavy atom. The number of ether oxygens (including phenoxy) is 2. The van der Waals surface area contributed by atoms with Gasteiger partial charge in [-0.2, -0.15) is 4.31 Å². The Morgan fingerprint density at radius 2 is 1.76 bits per heavy atom. The number of hydrogen-bond acceptors (Lipinski definition) is 5. The van der Waals surface area contributed by atoms with Crippen LogP contribution in [0, 0.1) is 6.92 Å². The minimum atomic E-state index is -3.48. The number of methoxy groups -OCH3 is 1. The lowest BCUT2D eigenvalue weighted by molar-refractivity contribution is -0.118. The van der Waals surface area contributed by atoms with Gasteiger partial charge in [0.2, 0.25) is 10.0 Å². The molecule has 1 heterocycles. The van der Waals surface area contributed by atoms with Crippen molar-refractivity contribution in [3.8, 4) is 11.5 Å². The summed E-state index contributed by atoms with van der Waals surface area (Å²) in [5.41, 5.74) is 1.57.